The molecule has 5 saturated heterocycles. The molecule has 0 bridgehead atoms. The zero-order chi connectivity index (χ0) is 76.0. The first kappa shape index (κ1) is 80.8. The molecule has 10 atom stereocenters. The van der Waals surface area contributed by atoms with Crippen molar-refractivity contribution in [3.8, 4) is 0 Å². The predicted octanol–water partition coefficient (Wildman–Crippen LogP) is 16.9. The van der Waals surface area contributed by atoms with Crippen molar-refractivity contribution < 1.29 is 52.0 Å². The molecule has 0 radical (unpaired) electrons. The van der Waals surface area contributed by atoms with Gasteiger partial charge in [0.25, 0.3) is 0 Å². The third-order valence-electron chi connectivity index (χ3n) is 22.8. The second-order valence-corrected chi connectivity index (χ2v) is 37.3. The molecule has 0 aliphatic carbocycles. The van der Waals surface area contributed by atoms with Crippen molar-refractivity contribution in [1.29, 1.82) is 0 Å². The van der Waals surface area contributed by atoms with Crippen molar-refractivity contribution in [2.45, 2.75) is 243 Å². The molecular weight excluding hydrogens is 1410 g/mol. The Balaban J connectivity index is 0.000000131. The number of halogens is 3. The van der Waals surface area contributed by atoms with E-state index in [1.54, 1.807) is 6.07 Å². The van der Waals surface area contributed by atoms with Crippen LogP contribution in [0, 0.1) is 46.7 Å². The van der Waals surface area contributed by atoms with E-state index in [1.165, 1.54) is 61.7 Å². The highest BCUT2D eigenvalue weighted by atomic mass is 79.9. The van der Waals surface area contributed by atoms with E-state index in [0.29, 0.717) is 88.3 Å². The molecule has 10 aliphatic rings. The van der Waals surface area contributed by atoms with Crippen LogP contribution in [-0.4, -0.2) is 149 Å². The van der Waals surface area contributed by atoms with Crippen LogP contribution in [0.3, 0.4) is 0 Å². The fourth-order valence-electron chi connectivity index (χ4n) is 15.9. The van der Waals surface area contributed by atoms with Crippen molar-refractivity contribution in [3.63, 3.8) is 0 Å². The number of hydrogen-bond donors (Lipinski definition) is 0. The van der Waals surface area contributed by atoms with Crippen LogP contribution >= 0.6 is 27.5 Å². The average molecular weight is 1530 g/mol. The SMILES string of the molecule is CC(C)(C)C(=O)C[C@@H]1CO[C@H]2c3cc(Br)ccc3CCN12.CC(C)(C)C(=O)C[C@@H]1CO[C@H]2c3cc(Cl)ccc3CCN12.CC(C)(C)C(=O)C[C@@H]1CO[C@H]2c3cc(F)ccc3CCN12.Cc1ccc2c(c1)[C@@H]1OC[C@@H](CC(=O)C(C)(C)C)N1CC2.Cc1ccc2c(c1)[C@@H]1OC[C@@H](CC(=O)C(C)(C)C)N1CC2. The van der Waals surface area contributed by atoms with Crippen molar-refractivity contribution in [3.05, 3.63) is 173 Å². The molecule has 105 heavy (non-hydrogen) atoms. The Hall–Kier alpha value is -5.25. The molecule has 0 saturated carbocycles. The van der Waals surface area contributed by atoms with Gasteiger partial charge in [0.15, 0.2) is 0 Å². The smallest absolute Gasteiger partial charge is 0.139 e. The van der Waals surface area contributed by atoms with Gasteiger partial charge in [0.1, 0.15) is 65.9 Å². The van der Waals surface area contributed by atoms with E-state index in [9.17, 15) is 28.4 Å². The topological polar surface area (TPSA) is 148 Å². The van der Waals surface area contributed by atoms with Crippen LogP contribution in [-0.2, 0) is 79.8 Å². The number of nitrogens with zero attached hydrogens (tertiary/aromatic N) is 5. The highest BCUT2D eigenvalue weighted by Gasteiger charge is 2.47. The minimum atomic E-state index is -0.322. The van der Waals surface area contributed by atoms with Gasteiger partial charge in [0.2, 0.25) is 0 Å². The van der Waals surface area contributed by atoms with Crippen molar-refractivity contribution in [1.82, 2.24) is 24.5 Å². The summed E-state index contributed by atoms with van der Waals surface area (Å²) in [6, 6.07) is 31.6. The first-order valence-electron chi connectivity index (χ1n) is 38.4. The van der Waals surface area contributed by atoms with Crippen molar-refractivity contribution in [2.24, 2.45) is 27.1 Å². The number of hydrogen-bond acceptors (Lipinski definition) is 15. The Kier molecular flexibility index (Phi) is 25.2. The van der Waals surface area contributed by atoms with E-state index >= 15 is 0 Å². The lowest BCUT2D eigenvalue weighted by Crippen LogP contribution is -2.40. The first-order chi connectivity index (χ1) is 49.3. The number of benzene rings is 5. The Morgan fingerprint density at radius 1 is 0.362 bits per heavy atom. The third-order valence-corrected chi connectivity index (χ3v) is 23.6. The summed E-state index contributed by atoms with van der Waals surface area (Å²) in [5.41, 5.74) is 13.7. The molecule has 0 N–H and O–H groups in total. The number of ether oxygens (including phenoxy) is 5. The van der Waals surface area contributed by atoms with E-state index in [-0.39, 0.29) is 100 Å². The van der Waals surface area contributed by atoms with Crippen LogP contribution in [0.2, 0.25) is 5.02 Å². The van der Waals surface area contributed by atoms with Crippen LogP contribution in [0.15, 0.2) is 95.5 Å². The summed E-state index contributed by atoms with van der Waals surface area (Å²) in [5.74, 6) is 1.29. The molecule has 0 spiro atoms. The van der Waals surface area contributed by atoms with E-state index in [4.69, 9.17) is 35.3 Å². The van der Waals surface area contributed by atoms with Crippen LogP contribution in [0.1, 0.15) is 234 Å². The summed E-state index contributed by atoms with van der Waals surface area (Å²) in [4.78, 5) is 73.1. The lowest BCUT2D eigenvalue weighted by Gasteiger charge is -2.34. The number of carbonyl (C=O) groups is 5. The van der Waals surface area contributed by atoms with Crippen LogP contribution in [0.25, 0.3) is 0 Å². The molecule has 5 aromatic rings. The predicted molar refractivity (Wildman–Crippen MR) is 414 cm³/mol. The standard InChI is InChI=1S/2C18H25NO2.C17H22BrNO2.C17H22ClNO2.C17H22FNO2/c2*1-12-5-6-13-7-8-19-14(10-16(20)18(2,3)4)11-21-17(19)15(13)9-12;3*1-17(2,3)15(20)9-13-10-21-16-14-8-12(18)5-4-11(14)6-7-19(13)16/h2*5-6,9,14,17H,7-8,10-11H2,1-4H3;3*4-5,8,13,16H,6-7,9-10H2,1-3H3/t2*14-,17+;3*13-,16+/m11111/s1. The van der Waals surface area contributed by atoms with E-state index < -0.39 is 0 Å². The fraction of sp³-hybridized carbons (Fsp3) is 0.598. The molecule has 0 unspecified atom stereocenters. The van der Waals surface area contributed by atoms with Crippen LogP contribution in [0.4, 0.5) is 4.39 Å². The number of rotatable bonds is 10. The molecule has 5 aromatic carbocycles. The lowest BCUT2D eigenvalue weighted by molar-refractivity contribution is -0.128. The normalized spacial score (nSPS) is 25.5. The van der Waals surface area contributed by atoms with Gasteiger partial charge in [-0.1, -0.05) is 197 Å². The summed E-state index contributed by atoms with van der Waals surface area (Å²) in [7, 11) is 0. The van der Waals surface area contributed by atoms with E-state index in [1.807, 2.05) is 122 Å². The quantitative estimate of drug-likeness (QED) is 0.130. The Bertz CT molecular complexity index is 3410. The maximum Gasteiger partial charge on any atom is 0.139 e. The van der Waals surface area contributed by atoms with Crippen molar-refractivity contribution in [2.75, 3.05) is 65.8 Å². The summed E-state index contributed by atoms with van der Waals surface area (Å²) in [6.07, 6.45) is 7.75. The van der Waals surface area contributed by atoms with Gasteiger partial charge in [0.05, 0.1) is 33.0 Å². The Morgan fingerprint density at radius 2 is 0.600 bits per heavy atom. The molecule has 5 fully saturated rings. The molecular formula is C87H116BrClFN5O10. The minimum absolute atomic E-state index is 0.0176. The zero-order valence-corrected chi connectivity index (χ0v) is 67.9. The number of Topliss-reactive ketones (excluding diaryl/α,β-unsaturated/α-hetero) is 5. The van der Waals surface area contributed by atoms with Crippen LogP contribution in [0.5, 0.6) is 0 Å². The molecule has 15 rings (SSSR count). The maximum atomic E-state index is 13.5. The van der Waals surface area contributed by atoms with Gasteiger partial charge in [-0.05, 0) is 127 Å². The molecule has 15 nitrogen and oxygen atoms in total. The van der Waals surface area contributed by atoms with Crippen molar-refractivity contribution >= 4 is 56.4 Å². The van der Waals surface area contributed by atoms with Gasteiger partial charge >= 0.3 is 0 Å². The fourth-order valence-corrected chi connectivity index (χ4v) is 16.5. The largest absolute Gasteiger partial charge is 0.357 e. The summed E-state index contributed by atoms with van der Waals surface area (Å²) in [5, 5.41) is 0.744. The molecule has 570 valence electrons. The summed E-state index contributed by atoms with van der Waals surface area (Å²) < 4.78 is 44.5. The van der Waals surface area contributed by atoms with Gasteiger partial charge in [-0.3, -0.25) is 48.5 Å². The van der Waals surface area contributed by atoms with Gasteiger partial charge in [0, 0.05) is 143 Å². The second-order valence-electron chi connectivity index (χ2n) is 36.0. The lowest BCUT2D eigenvalue weighted by atomic mass is 9.86. The van der Waals surface area contributed by atoms with Gasteiger partial charge in [-0.2, -0.15) is 0 Å². The molecule has 0 amide bonds. The second kappa shape index (κ2) is 32.7. The highest BCUT2D eigenvalue weighted by Crippen LogP contribution is 2.45. The third kappa shape index (κ3) is 19.1. The molecule has 0 aromatic heterocycles. The van der Waals surface area contributed by atoms with Gasteiger partial charge in [-0.15, -0.1) is 0 Å². The Morgan fingerprint density at radius 3 is 0.886 bits per heavy atom. The van der Waals surface area contributed by atoms with E-state index in [2.05, 4.69) is 115 Å². The average Bonchev–Trinajstić information content (AvgIpc) is 1.70. The van der Waals surface area contributed by atoms with Gasteiger partial charge in [-0.25, -0.2) is 4.39 Å². The van der Waals surface area contributed by atoms with E-state index in [0.717, 1.165) is 85.5 Å². The minimum Gasteiger partial charge on any atom is -0.357 e. The van der Waals surface area contributed by atoms with Crippen LogP contribution < -0.4 is 0 Å². The number of ketones is 5. The summed E-state index contributed by atoms with van der Waals surface area (Å²) >= 11 is 9.66. The number of fused-ring (bicyclic) bond motifs is 15. The molecule has 18 heteroatoms. The zero-order valence-electron chi connectivity index (χ0n) is 65.5. The number of carbonyl (C=O) groups excluding carboxylic acids is 5. The highest BCUT2D eigenvalue weighted by molar-refractivity contribution is 9.10. The first-order valence-corrected chi connectivity index (χ1v) is 39.5. The number of aryl methyl sites for hydroxylation is 2. The molecule has 10 aliphatic heterocycles. The maximum absolute atomic E-state index is 13.5. The van der Waals surface area contributed by atoms with Gasteiger partial charge < -0.3 is 23.7 Å². The monoisotopic (exact) mass is 1520 g/mol. The molecule has 10 heterocycles. The summed E-state index contributed by atoms with van der Waals surface area (Å²) in [6.45, 7) is 41.9. The Labute approximate surface area is 638 Å².